The van der Waals surface area contributed by atoms with Crippen LogP contribution < -0.4 is 11.2 Å². The van der Waals surface area contributed by atoms with Gasteiger partial charge in [-0.3, -0.25) is 14.3 Å². The fourth-order valence-corrected chi connectivity index (χ4v) is 3.34. The lowest BCUT2D eigenvalue weighted by Crippen LogP contribution is -2.33. The highest BCUT2D eigenvalue weighted by molar-refractivity contribution is 5.79. The summed E-state index contributed by atoms with van der Waals surface area (Å²) in [5.74, 6) is 0. The van der Waals surface area contributed by atoms with Crippen LogP contribution in [0.4, 0.5) is 0 Å². The maximum atomic E-state index is 12.0. The van der Waals surface area contributed by atoms with E-state index >= 15 is 0 Å². The van der Waals surface area contributed by atoms with Crippen LogP contribution in [0.3, 0.4) is 0 Å². The highest BCUT2D eigenvalue weighted by atomic mass is 16.5. The van der Waals surface area contributed by atoms with Crippen molar-refractivity contribution in [3.8, 4) is 0 Å². The Balaban J connectivity index is 1.58. The van der Waals surface area contributed by atoms with Crippen LogP contribution in [0.1, 0.15) is 18.2 Å². The first-order valence-electron chi connectivity index (χ1n) is 8.22. The minimum absolute atomic E-state index is 0.301. The molecule has 1 aliphatic rings. The Hall–Kier alpha value is -2.64. The molecule has 3 heterocycles. The molecule has 2 N–H and O–H groups in total. The number of ether oxygens (including phenoxy) is 1. The van der Waals surface area contributed by atoms with E-state index in [0.717, 1.165) is 10.9 Å². The van der Waals surface area contributed by atoms with E-state index in [2.05, 4.69) is 4.98 Å². The minimum Gasteiger partial charge on any atom is -0.390 e. The van der Waals surface area contributed by atoms with Crippen molar-refractivity contribution in [1.82, 2.24) is 14.1 Å². The number of nitrogens with one attached hydrogen (secondary N) is 1. The second-order valence-corrected chi connectivity index (χ2v) is 6.44. The van der Waals surface area contributed by atoms with Crippen molar-refractivity contribution in [1.29, 1.82) is 0 Å². The van der Waals surface area contributed by atoms with Crippen molar-refractivity contribution >= 4 is 10.9 Å². The number of aromatic nitrogens is 3. The van der Waals surface area contributed by atoms with Crippen molar-refractivity contribution in [3.05, 3.63) is 69.1 Å². The van der Waals surface area contributed by atoms with Gasteiger partial charge in [-0.1, -0.05) is 18.2 Å². The summed E-state index contributed by atoms with van der Waals surface area (Å²) in [6.45, 7) is 2.12. The van der Waals surface area contributed by atoms with Crippen molar-refractivity contribution in [2.75, 3.05) is 0 Å². The second-order valence-electron chi connectivity index (χ2n) is 6.44. The van der Waals surface area contributed by atoms with Crippen LogP contribution >= 0.6 is 0 Å². The van der Waals surface area contributed by atoms with E-state index in [1.165, 1.54) is 10.8 Å². The van der Waals surface area contributed by atoms with Gasteiger partial charge in [0.25, 0.3) is 5.56 Å². The van der Waals surface area contributed by atoms with Crippen molar-refractivity contribution < 1.29 is 9.84 Å². The number of aliphatic hydroxyl groups excluding tert-OH is 1. The summed E-state index contributed by atoms with van der Waals surface area (Å²) in [5.41, 5.74) is 0.561. The number of aryl methyl sites for hydroxylation is 1. The average molecular weight is 341 g/mol. The number of aliphatic hydroxyl groups is 1. The number of H-pyrrole nitrogens is 1. The standard InChI is InChI=1S/C18H19N3O4/c1-11-9-21(18(24)19-17(11)23)16-8-14(22)15(25-16)10-20-7-6-12-4-2-3-5-13(12)20/h2-7,9,14-16,22H,8,10H2,1H3,(H,19,23,24). The molecule has 3 aromatic rings. The van der Waals surface area contributed by atoms with Gasteiger partial charge in [-0.25, -0.2) is 4.79 Å². The molecule has 0 bridgehead atoms. The largest absolute Gasteiger partial charge is 0.390 e. The van der Waals surface area contributed by atoms with Crippen LogP contribution in [-0.4, -0.2) is 31.4 Å². The predicted octanol–water partition coefficient (Wildman–Crippen LogP) is 1.15. The van der Waals surface area contributed by atoms with E-state index in [-0.39, 0.29) is 0 Å². The Morgan fingerprint density at radius 1 is 1.28 bits per heavy atom. The lowest BCUT2D eigenvalue weighted by molar-refractivity contribution is -0.0279. The third-order valence-electron chi connectivity index (χ3n) is 4.72. The smallest absolute Gasteiger partial charge is 0.330 e. The summed E-state index contributed by atoms with van der Waals surface area (Å²) in [4.78, 5) is 25.8. The third-order valence-corrected chi connectivity index (χ3v) is 4.72. The summed E-state index contributed by atoms with van der Waals surface area (Å²) >= 11 is 0. The van der Waals surface area contributed by atoms with E-state index in [9.17, 15) is 14.7 Å². The van der Waals surface area contributed by atoms with Gasteiger partial charge in [0.15, 0.2) is 0 Å². The molecule has 0 amide bonds. The third kappa shape index (κ3) is 2.81. The molecule has 25 heavy (non-hydrogen) atoms. The number of rotatable bonds is 3. The van der Waals surface area contributed by atoms with Gasteiger partial charge in [0.2, 0.25) is 0 Å². The van der Waals surface area contributed by atoms with Crippen LogP contribution in [0.5, 0.6) is 0 Å². The molecular formula is C18H19N3O4. The maximum Gasteiger partial charge on any atom is 0.330 e. The molecule has 1 saturated heterocycles. The molecule has 7 nitrogen and oxygen atoms in total. The van der Waals surface area contributed by atoms with Gasteiger partial charge < -0.3 is 14.4 Å². The summed E-state index contributed by atoms with van der Waals surface area (Å²) < 4.78 is 9.30. The summed E-state index contributed by atoms with van der Waals surface area (Å²) in [6, 6.07) is 10.0. The quantitative estimate of drug-likeness (QED) is 0.748. The number of fused-ring (bicyclic) bond motifs is 1. The number of benzene rings is 1. The average Bonchev–Trinajstić information content (AvgIpc) is 3.16. The van der Waals surface area contributed by atoms with Crippen LogP contribution in [0, 0.1) is 6.92 Å². The predicted molar refractivity (Wildman–Crippen MR) is 92.5 cm³/mol. The molecule has 1 fully saturated rings. The van der Waals surface area contributed by atoms with E-state index in [0.29, 0.717) is 18.5 Å². The minimum atomic E-state index is -0.690. The van der Waals surface area contributed by atoms with Crippen LogP contribution in [0.2, 0.25) is 0 Å². The Kier molecular flexibility index (Phi) is 3.82. The van der Waals surface area contributed by atoms with Gasteiger partial charge >= 0.3 is 5.69 Å². The van der Waals surface area contributed by atoms with Gasteiger partial charge in [-0.05, 0) is 24.4 Å². The molecule has 3 unspecified atom stereocenters. The molecule has 0 saturated carbocycles. The molecule has 3 atom stereocenters. The van der Waals surface area contributed by atoms with Gasteiger partial charge in [-0.15, -0.1) is 0 Å². The van der Waals surface area contributed by atoms with Crippen LogP contribution in [0.15, 0.2) is 52.3 Å². The number of hydrogen-bond acceptors (Lipinski definition) is 4. The SMILES string of the molecule is Cc1cn(C2CC(O)C(Cn3ccc4ccccc43)O2)c(=O)[nH]c1=O. The van der Waals surface area contributed by atoms with Crippen LogP contribution in [-0.2, 0) is 11.3 Å². The van der Waals surface area contributed by atoms with Crippen molar-refractivity contribution in [2.45, 2.75) is 38.3 Å². The Labute approximate surface area is 143 Å². The van der Waals surface area contributed by atoms with Gasteiger partial charge in [0, 0.05) is 29.9 Å². The molecule has 1 aliphatic heterocycles. The van der Waals surface area contributed by atoms with Gasteiger partial charge in [0.05, 0.1) is 12.6 Å². The molecule has 1 aromatic carbocycles. The highest BCUT2D eigenvalue weighted by Gasteiger charge is 2.35. The summed E-state index contributed by atoms with van der Waals surface area (Å²) in [5, 5.41) is 11.5. The van der Waals surface area contributed by atoms with E-state index in [1.54, 1.807) is 6.92 Å². The fraction of sp³-hybridized carbons (Fsp3) is 0.333. The second kappa shape index (κ2) is 6.02. The first-order chi connectivity index (χ1) is 12.0. The molecule has 0 aliphatic carbocycles. The van der Waals surface area contributed by atoms with E-state index in [1.807, 2.05) is 41.1 Å². The lowest BCUT2D eigenvalue weighted by Gasteiger charge is -2.17. The fourth-order valence-electron chi connectivity index (χ4n) is 3.34. The molecular weight excluding hydrogens is 322 g/mol. The number of para-hydroxylation sites is 1. The first-order valence-corrected chi connectivity index (χ1v) is 8.22. The van der Waals surface area contributed by atoms with Crippen LogP contribution in [0.25, 0.3) is 10.9 Å². The molecule has 0 spiro atoms. The molecule has 7 heteroatoms. The maximum absolute atomic E-state index is 12.0. The Morgan fingerprint density at radius 2 is 2.08 bits per heavy atom. The zero-order chi connectivity index (χ0) is 17.6. The normalized spacial score (nSPS) is 23.4. The van der Waals surface area contributed by atoms with Gasteiger partial charge in [0.1, 0.15) is 12.3 Å². The first kappa shape index (κ1) is 15.9. The van der Waals surface area contributed by atoms with Crippen molar-refractivity contribution in [2.24, 2.45) is 0 Å². The number of nitrogens with zero attached hydrogens (tertiary/aromatic N) is 2. The number of hydrogen-bond donors (Lipinski definition) is 2. The zero-order valence-electron chi connectivity index (χ0n) is 13.8. The molecule has 2 aromatic heterocycles. The molecule has 130 valence electrons. The highest BCUT2D eigenvalue weighted by Crippen LogP contribution is 2.29. The van der Waals surface area contributed by atoms with Crippen molar-refractivity contribution in [3.63, 3.8) is 0 Å². The van der Waals surface area contributed by atoms with E-state index in [4.69, 9.17) is 4.74 Å². The Morgan fingerprint density at radius 3 is 2.92 bits per heavy atom. The lowest BCUT2D eigenvalue weighted by atomic mass is 10.1. The monoisotopic (exact) mass is 341 g/mol. The number of aromatic amines is 1. The zero-order valence-corrected chi connectivity index (χ0v) is 13.8. The summed E-state index contributed by atoms with van der Waals surface area (Å²) in [7, 11) is 0. The summed E-state index contributed by atoms with van der Waals surface area (Å²) in [6.07, 6.45) is 2.03. The van der Waals surface area contributed by atoms with Gasteiger partial charge in [-0.2, -0.15) is 0 Å². The topological polar surface area (TPSA) is 89.2 Å². The molecule has 0 radical (unpaired) electrons. The molecule has 4 rings (SSSR count). The Bertz CT molecular complexity index is 1030. The van der Waals surface area contributed by atoms with E-state index < -0.39 is 29.7 Å².